The Hall–Kier alpha value is -2.54. The van der Waals surface area contributed by atoms with Crippen LogP contribution in [-0.2, 0) is 15.1 Å². The van der Waals surface area contributed by atoms with Gasteiger partial charge in [0, 0.05) is 6.42 Å². The van der Waals surface area contributed by atoms with E-state index in [-0.39, 0.29) is 13.0 Å². The minimum Gasteiger partial charge on any atom is -0.390 e. The Morgan fingerprint density at radius 2 is 1.17 bits per heavy atom. The van der Waals surface area contributed by atoms with E-state index < -0.39 is 30.2 Å². The Morgan fingerprint density at radius 3 is 1.60 bits per heavy atom. The molecule has 30 heavy (non-hydrogen) atoms. The molecule has 0 aliphatic carbocycles. The number of ether oxygens (including phenoxy) is 2. The van der Waals surface area contributed by atoms with Gasteiger partial charge in [-0.05, 0) is 16.7 Å². The molecule has 1 aliphatic heterocycles. The third-order valence-corrected chi connectivity index (χ3v) is 5.56. The Balaban J connectivity index is 1.79. The molecule has 5 nitrogen and oxygen atoms in total. The van der Waals surface area contributed by atoms with Crippen molar-refractivity contribution in [3.05, 3.63) is 108 Å². The number of hydrogen-bond donors (Lipinski definition) is 3. The molecule has 1 saturated heterocycles. The Bertz CT molecular complexity index is 819. The Labute approximate surface area is 176 Å². The molecule has 156 valence electrons. The molecule has 4 atom stereocenters. The fourth-order valence-corrected chi connectivity index (χ4v) is 4.05. The van der Waals surface area contributed by atoms with Crippen LogP contribution in [0.5, 0.6) is 0 Å². The highest BCUT2D eigenvalue weighted by Gasteiger charge is 2.41. The second-order valence-electron chi connectivity index (χ2n) is 7.51. The molecule has 5 heteroatoms. The Morgan fingerprint density at radius 1 is 0.733 bits per heavy atom. The molecule has 3 N–H and O–H groups in total. The van der Waals surface area contributed by atoms with Gasteiger partial charge in [0.2, 0.25) is 0 Å². The SMILES string of the molecule is O[C@@H]1[C@H](O)C[C@@H](O)O[C@@H]1COC(c1ccccc1)(c1ccccc1)c1ccccc1. The first-order valence-electron chi connectivity index (χ1n) is 10.1. The first-order valence-corrected chi connectivity index (χ1v) is 10.1. The summed E-state index contributed by atoms with van der Waals surface area (Å²) in [5, 5.41) is 30.4. The highest BCUT2D eigenvalue weighted by molar-refractivity contribution is 5.47. The van der Waals surface area contributed by atoms with Crippen LogP contribution in [0, 0.1) is 0 Å². The molecule has 1 aliphatic rings. The summed E-state index contributed by atoms with van der Waals surface area (Å²) in [6.07, 6.45) is -4.25. The van der Waals surface area contributed by atoms with Crippen molar-refractivity contribution in [3.8, 4) is 0 Å². The number of aliphatic hydroxyl groups is 3. The molecule has 4 rings (SSSR count). The van der Waals surface area contributed by atoms with Gasteiger partial charge in [0.1, 0.15) is 17.8 Å². The second kappa shape index (κ2) is 9.08. The molecular formula is C25H26O5. The van der Waals surface area contributed by atoms with Crippen LogP contribution in [0.15, 0.2) is 91.0 Å². The van der Waals surface area contributed by atoms with Gasteiger partial charge >= 0.3 is 0 Å². The van der Waals surface area contributed by atoms with E-state index in [4.69, 9.17) is 9.47 Å². The second-order valence-corrected chi connectivity index (χ2v) is 7.51. The van der Waals surface area contributed by atoms with Crippen molar-refractivity contribution < 1.29 is 24.8 Å². The number of rotatable bonds is 6. The lowest BCUT2D eigenvalue weighted by atomic mass is 9.80. The van der Waals surface area contributed by atoms with Crippen LogP contribution in [0.25, 0.3) is 0 Å². The van der Waals surface area contributed by atoms with Crippen LogP contribution in [0.4, 0.5) is 0 Å². The van der Waals surface area contributed by atoms with Crippen LogP contribution in [0.2, 0.25) is 0 Å². The minimum absolute atomic E-state index is 0.0199. The van der Waals surface area contributed by atoms with Crippen molar-refractivity contribution in [2.24, 2.45) is 0 Å². The average Bonchev–Trinajstić information content (AvgIpc) is 2.79. The third kappa shape index (κ3) is 4.03. The van der Waals surface area contributed by atoms with Gasteiger partial charge < -0.3 is 24.8 Å². The topological polar surface area (TPSA) is 79.2 Å². The zero-order valence-corrected chi connectivity index (χ0v) is 16.5. The molecule has 0 saturated carbocycles. The van der Waals surface area contributed by atoms with Crippen molar-refractivity contribution in [2.75, 3.05) is 6.61 Å². The van der Waals surface area contributed by atoms with E-state index >= 15 is 0 Å². The van der Waals surface area contributed by atoms with Gasteiger partial charge in [-0.2, -0.15) is 0 Å². The fraction of sp³-hybridized carbons (Fsp3) is 0.280. The Kier molecular flexibility index (Phi) is 6.27. The summed E-state index contributed by atoms with van der Waals surface area (Å²) < 4.78 is 12.1. The number of benzene rings is 3. The molecule has 0 unspecified atom stereocenters. The summed E-state index contributed by atoms with van der Waals surface area (Å²) in [4.78, 5) is 0. The monoisotopic (exact) mass is 406 g/mol. The lowest BCUT2D eigenvalue weighted by Gasteiger charge is -2.40. The summed E-state index contributed by atoms with van der Waals surface area (Å²) in [7, 11) is 0. The molecule has 0 bridgehead atoms. The minimum atomic E-state index is -1.14. The molecule has 0 aromatic heterocycles. The van der Waals surface area contributed by atoms with Crippen molar-refractivity contribution in [1.82, 2.24) is 0 Å². The zero-order valence-electron chi connectivity index (χ0n) is 16.5. The number of hydrogen-bond acceptors (Lipinski definition) is 5. The lowest BCUT2D eigenvalue weighted by molar-refractivity contribution is -0.248. The van der Waals surface area contributed by atoms with Gasteiger partial charge in [0.05, 0.1) is 12.7 Å². The third-order valence-electron chi connectivity index (χ3n) is 5.56. The lowest BCUT2D eigenvalue weighted by Crippen LogP contribution is -2.51. The van der Waals surface area contributed by atoms with Crippen molar-refractivity contribution in [1.29, 1.82) is 0 Å². The van der Waals surface area contributed by atoms with E-state index in [9.17, 15) is 15.3 Å². The van der Waals surface area contributed by atoms with E-state index in [0.29, 0.717) is 0 Å². The summed E-state index contributed by atoms with van der Waals surface area (Å²) >= 11 is 0. The molecule has 0 amide bonds. The van der Waals surface area contributed by atoms with E-state index in [1.54, 1.807) is 0 Å². The summed E-state index contributed by atoms with van der Waals surface area (Å²) in [6.45, 7) is -0.0199. The van der Waals surface area contributed by atoms with Crippen molar-refractivity contribution >= 4 is 0 Å². The standard InChI is InChI=1S/C25H26O5/c26-21-16-23(27)30-22(24(21)28)17-29-25(18-10-4-1-5-11-18,19-12-6-2-7-13-19)20-14-8-3-9-15-20/h1-15,21-24,26-28H,16-17H2/t21-,22-,23+,24-/m1/s1. The van der Waals surface area contributed by atoms with Gasteiger partial charge in [-0.15, -0.1) is 0 Å². The summed E-state index contributed by atoms with van der Waals surface area (Å²) in [5.41, 5.74) is 1.82. The smallest absolute Gasteiger partial charge is 0.157 e. The zero-order chi connectivity index (χ0) is 21.0. The maximum Gasteiger partial charge on any atom is 0.157 e. The average molecular weight is 406 g/mol. The molecule has 1 heterocycles. The van der Waals surface area contributed by atoms with Gasteiger partial charge in [-0.25, -0.2) is 0 Å². The first kappa shape index (κ1) is 20.7. The van der Waals surface area contributed by atoms with Crippen LogP contribution < -0.4 is 0 Å². The summed E-state index contributed by atoms with van der Waals surface area (Å²) in [5.74, 6) is 0. The first-order chi connectivity index (χ1) is 14.6. The molecule has 3 aromatic carbocycles. The predicted molar refractivity (Wildman–Crippen MR) is 113 cm³/mol. The molecule has 0 spiro atoms. The van der Waals surface area contributed by atoms with Crippen LogP contribution in [0.1, 0.15) is 23.1 Å². The van der Waals surface area contributed by atoms with Crippen LogP contribution in [-0.4, -0.2) is 46.5 Å². The van der Waals surface area contributed by atoms with Crippen molar-refractivity contribution in [3.63, 3.8) is 0 Å². The largest absolute Gasteiger partial charge is 0.390 e. The van der Waals surface area contributed by atoms with Gasteiger partial charge in [0.25, 0.3) is 0 Å². The molecule has 0 radical (unpaired) electrons. The maximum absolute atomic E-state index is 10.4. The molecular weight excluding hydrogens is 380 g/mol. The highest BCUT2D eigenvalue weighted by Crippen LogP contribution is 2.41. The molecule has 3 aromatic rings. The fourth-order valence-electron chi connectivity index (χ4n) is 4.05. The van der Waals surface area contributed by atoms with E-state index in [2.05, 4.69) is 0 Å². The quantitative estimate of drug-likeness (QED) is 0.549. The van der Waals surface area contributed by atoms with Crippen LogP contribution >= 0.6 is 0 Å². The van der Waals surface area contributed by atoms with Gasteiger partial charge in [-0.1, -0.05) is 91.0 Å². The summed E-state index contributed by atoms with van der Waals surface area (Å²) in [6, 6.07) is 29.6. The highest BCUT2D eigenvalue weighted by atomic mass is 16.6. The van der Waals surface area contributed by atoms with Gasteiger partial charge in [-0.3, -0.25) is 0 Å². The normalized spacial score (nSPS) is 24.5. The van der Waals surface area contributed by atoms with E-state index in [0.717, 1.165) is 16.7 Å². The van der Waals surface area contributed by atoms with E-state index in [1.165, 1.54) is 0 Å². The van der Waals surface area contributed by atoms with Crippen LogP contribution in [0.3, 0.4) is 0 Å². The maximum atomic E-state index is 10.4. The van der Waals surface area contributed by atoms with Gasteiger partial charge in [0.15, 0.2) is 6.29 Å². The number of aliphatic hydroxyl groups excluding tert-OH is 3. The van der Waals surface area contributed by atoms with Crippen molar-refractivity contribution in [2.45, 2.75) is 36.6 Å². The predicted octanol–water partition coefficient (Wildman–Crippen LogP) is 2.82. The van der Waals surface area contributed by atoms with E-state index in [1.807, 2.05) is 91.0 Å². The molecule has 1 fully saturated rings.